The number of aromatic nitrogens is 2. The van der Waals surface area contributed by atoms with Gasteiger partial charge in [-0.1, -0.05) is 53.7 Å². The second-order valence-corrected chi connectivity index (χ2v) is 9.11. The lowest BCUT2D eigenvalue weighted by Gasteiger charge is -2.36. The van der Waals surface area contributed by atoms with E-state index < -0.39 is 23.4 Å². The maximum Gasteiger partial charge on any atom is 0.422 e. The monoisotopic (exact) mass is 495 g/mol. The van der Waals surface area contributed by atoms with E-state index in [1.165, 1.54) is 12.1 Å². The molecule has 3 heterocycles. The van der Waals surface area contributed by atoms with Gasteiger partial charge in [-0.2, -0.15) is 13.2 Å². The van der Waals surface area contributed by atoms with Crippen LogP contribution in [-0.4, -0.2) is 39.2 Å². The highest BCUT2D eigenvalue weighted by Crippen LogP contribution is 2.45. The molecule has 0 bridgehead atoms. The highest BCUT2D eigenvalue weighted by Gasteiger charge is 2.43. The molecule has 0 saturated carbocycles. The Bertz CT molecular complexity index is 1450. The molecule has 0 spiro atoms. The summed E-state index contributed by atoms with van der Waals surface area (Å²) in [5.41, 5.74) is 2.19. The lowest BCUT2D eigenvalue weighted by molar-refractivity contribution is -0.147. The van der Waals surface area contributed by atoms with E-state index in [-0.39, 0.29) is 23.1 Å². The van der Waals surface area contributed by atoms with Crippen LogP contribution >= 0.6 is 0 Å². The van der Waals surface area contributed by atoms with Gasteiger partial charge in [0.25, 0.3) is 0 Å². The van der Waals surface area contributed by atoms with Crippen molar-refractivity contribution in [2.45, 2.75) is 25.6 Å². The van der Waals surface area contributed by atoms with Gasteiger partial charge in [0.2, 0.25) is 5.89 Å². The van der Waals surface area contributed by atoms with Crippen LogP contribution in [0.2, 0.25) is 0 Å². The SMILES string of the molecule is O=C(O)C1CN(Cc2ccc3c(c2)CCc2nc(-c4noc(-c5ccccc5)c4C(F)(F)F)oc2-3)C1. The highest BCUT2D eigenvalue weighted by atomic mass is 19.4. The molecule has 4 aromatic rings. The third kappa shape index (κ3) is 3.87. The predicted octanol–water partition coefficient (Wildman–Crippen LogP) is 5.30. The van der Waals surface area contributed by atoms with Crippen molar-refractivity contribution >= 4 is 5.97 Å². The second kappa shape index (κ2) is 8.34. The number of hydrogen-bond donors (Lipinski definition) is 1. The molecular weight excluding hydrogens is 475 g/mol. The average molecular weight is 495 g/mol. The standard InChI is InChI=1S/C26H20F3N3O4/c27-26(28,29)20-21(31-36-22(20)15-4-2-1-3-5-15)24-30-19-9-7-16-10-14(6-8-18(16)23(19)35-24)11-32-12-17(13-32)25(33)34/h1-6,8,10,17H,7,9,11-13H2,(H,33,34). The van der Waals surface area contributed by atoms with E-state index >= 15 is 0 Å². The molecule has 2 aromatic carbocycles. The van der Waals surface area contributed by atoms with Crippen molar-refractivity contribution in [2.75, 3.05) is 13.1 Å². The zero-order valence-corrected chi connectivity index (χ0v) is 18.9. The molecule has 2 aromatic heterocycles. The number of oxazole rings is 1. The van der Waals surface area contributed by atoms with Crippen molar-refractivity contribution in [3.8, 4) is 34.2 Å². The number of nitrogens with zero attached hydrogens (tertiary/aromatic N) is 3. The molecule has 6 rings (SSSR count). The van der Waals surface area contributed by atoms with E-state index in [2.05, 4.69) is 15.0 Å². The van der Waals surface area contributed by atoms with E-state index in [1.54, 1.807) is 18.2 Å². The molecule has 0 unspecified atom stereocenters. The lowest BCUT2D eigenvalue weighted by atomic mass is 9.91. The van der Waals surface area contributed by atoms with Crippen LogP contribution in [0.5, 0.6) is 0 Å². The molecular formula is C26H20F3N3O4. The Morgan fingerprint density at radius 2 is 1.86 bits per heavy atom. The second-order valence-electron chi connectivity index (χ2n) is 9.11. The van der Waals surface area contributed by atoms with Gasteiger partial charge in [-0.05, 0) is 24.0 Å². The number of hydrogen-bond acceptors (Lipinski definition) is 6. The summed E-state index contributed by atoms with van der Waals surface area (Å²) in [5, 5.41) is 12.8. The minimum atomic E-state index is -4.72. The Morgan fingerprint density at radius 1 is 1.08 bits per heavy atom. The quantitative estimate of drug-likeness (QED) is 0.402. The number of benzene rings is 2. The summed E-state index contributed by atoms with van der Waals surface area (Å²) in [6, 6.07) is 13.9. The van der Waals surface area contributed by atoms with Crippen molar-refractivity contribution in [1.29, 1.82) is 0 Å². The molecule has 0 radical (unpaired) electrons. The van der Waals surface area contributed by atoms with Gasteiger partial charge in [0.05, 0.1) is 11.6 Å². The van der Waals surface area contributed by atoms with Crippen molar-refractivity contribution in [3.63, 3.8) is 0 Å². The minimum absolute atomic E-state index is 0.226. The van der Waals surface area contributed by atoms with E-state index in [1.807, 2.05) is 18.2 Å². The molecule has 0 atom stereocenters. The molecule has 36 heavy (non-hydrogen) atoms. The van der Waals surface area contributed by atoms with Crippen molar-refractivity contribution < 1.29 is 32.0 Å². The first-order valence-corrected chi connectivity index (χ1v) is 11.5. The Balaban J connectivity index is 1.32. The molecule has 1 N–H and O–H groups in total. The van der Waals surface area contributed by atoms with Gasteiger partial charge in [0, 0.05) is 30.8 Å². The number of alkyl halides is 3. The van der Waals surface area contributed by atoms with Gasteiger partial charge in [-0.25, -0.2) is 4.98 Å². The van der Waals surface area contributed by atoms with Gasteiger partial charge in [-0.15, -0.1) is 0 Å². The molecule has 1 fully saturated rings. The first kappa shape index (κ1) is 22.5. The largest absolute Gasteiger partial charge is 0.481 e. The molecule has 2 aliphatic rings. The third-order valence-electron chi connectivity index (χ3n) is 6.67. The van der Waals surface area contributed by atoms with E-state index in [4.69, 9.17) is 14.0 Å². The minimum Gasteiger partial charge on any atom is -0.481 e. The maximum atomic E-state index is 14.1. The van der Waals surface area contributed by atoms with Gasteiger partial charge in [0.1, 0.15) is 5.56 Å². The summed E-state index contributed by atoms with van der Waals surface area (Å²) in [5.74, 6) is -1.27. The lowest BCUT2D eigenvalue weighted by Crippen LogP contribution is -2.49. The van der Waals surface area contributed by atoms with Crippen molar-refractivity contribution in [2.24, 2.45) is 5.92 Å². The van der Waals surface area contributed by atoms with E-state index in [0.717, 1.165) is 16.7 Å². The Labute approximate surface area is 203 Å². The zero-order valence-electron chi connectivity index (χ0n) is 18.9. The number of likely N-dealkylation sites (tertiary alicyclic amines) is 1. The summed E-state index contributed by atoms with van der Waals surface area (Å²) < 4.78 is 53.3. The average Bonchev–Trinajstić information content (AvgIpc) is 3.46. The van der Waals surface area contributed by atoms with Gasteiger partial charge in [0.15, 0.2) is 17.2 Å². The normalized spacial score (nSPS) is 15.9. The number of aryl methyl sites for hydroxylation is 2. The molecule has 184 valence electrons. The summed E-state index contributed by atoms with van der Waals surface area (Å²) in [4.78, 5) is 17.5. The molecule has 7 nitrogen and oxygen atoms in total. The van der Waals surface area contributed by atoms with Crippen LogP contribution in [0.25, 0.3) is 34.2 Å². The summed E-state index contributed by atoms with van der Waals surface area (Å²) >= 11 is 0. The van der Waals surface area contributed by atoms with Gasteiger partial charge < -0.3 is 14.0 Å². The highest BCUT2D eigenvalue weighted by molar-refractivity contribution is 5.73. The number of halogens is 3. The number of carbonyl (C=O) groups is 1. The van der Waals surface area contributed by atoms with E-state index in [0.29, 0.717) is 43.9 Å². The number of carboxylic acid groups (broad SMARTS) is 1. The molecule has 1 saturated heterocycles. The Morgan fingerprint density at radius 3 is 2.58 bits per heavy atom. The number of carboxylic acids is 1. The zero-order chi connectivity index (χ0) is 25.0. The molecule has 0 amide bonds. The molecule has 1 aliphatic carbocycles. The van der Waals surface area contributed by atoms with Crippen LogP contribution in [0.1, 0.15) is 22.4 Å². The fourth-order valence-electron chi connectivity index (χ4n) is 4.86. The third-order valence-corrected chi connectivity index (χ3v) is 6.67. The Hall–Kier alpha value is -3.92. The summed E-state index contributed by atoms with van der Waals surface area (Å²) in [6.45, 7) is 1.68. The fraction of sp³-hybridized carbons (Fsp3) is 0.269. The predicted molar refractivity (Wildman–Crippen MR) is 122 cm³/mol. The van der Waals surface area contributed by atoms with Gasteiger partial charge in [-0.3, -0.25) is 9.69 Å². The summed E-state index contributed by atoms with van der Waals surface area (Å²) in [7, 11) is 0. The van der Waals surface area contributed by atoms with Crippen molar-refractivity contribution in [1.82, 2.24) is 15.0 Å². The van der Waals surface area contributed by atoms with Crippen LogP contribution in [0, 0.1) is 5.92 Å². The Kier molecular flexibility index (Phi) is 5.22. The molecule has 1 aliphatic heterocycles. The number of rotatable bonds is 5. The van der Waals surface area contributed by atoms with Crippen LogP contribution in [0.15, 0.2) is 57.5 Å². The number of fused-ring (bicyclic) bond motifs is 3. The van der Waals surface area contributed by atoms with Crippen LogP contribution < -0.4 is 0 Å². The molecule has 10 heteroatoms. The fourth-order valence-corrected chi connectivity index (χ4v) is 4.86. The number of aliphatic carboxylic acids is 1. The van der Waals surface area contributed by atoms with Crippen LogP contribution in [0.3, 0.4) is 0 Å². The van der Waals surface area contributed by atoms with Crippen LogP contribution in [-0.2, 0) is 30.4 Å². The smallest absolute Gasteiger partial charge is 0.422 e. The maximum absolute atomic E-state index is 14.1. The first-order valence-electron chi connectivity index (χ1n) is 11.5. The van der Waals surface area contributed by atoms with E-state index in [9.17, 15) is 18.0 Å². The van der Waals surface area contributed by atoms with Crippen molar-refractivity contribution in [3.05, 3.63) is 70.9 Å². The van der Waals surface area contributed by atoms with Crippen LogP contribution in [0.4, 0.5) is 13.2 Å². The summed E-state index contributed by atoms with van der Waals surface area (Å²) in [6.07, 6.45) is -3.54. The topological polar surface area (TPSA) is 92.6 Å². The van der Waals surface area contributed by atoms with Gasteiger partial charge >= 0.3 is 12.1 Å². The first-order chi connectivity index (χ1) is 17.3.